The van der Waals surface area contributed by atoms with Crippen LogP contribution in [0.2, 0.25) is 0 Å². The Morgan fingerprint density at radius 2 is 1.91 bits per heavy atom. The summed E-state index contributed by atoms with van der Waals surface area (Å²) >= 11 is 1.06. The second kappa shape index (κ2) is 8.39. The summed E-state index contributed by atoms with van der Waals surface area (Å²) in [5, 5.41) is 30.5. The van der Waals surface area contributed by atoms with Crippen molar-refractivity contribution in [2.24, 2.45) is 0 Å². The molecule has 12 heteroatoms. The maximum atomic E-state index is 14.3. The van der Waals surface area contributed by atoms with Gasteiger partial charge in [0.15, 0.2) is 11.6 Å². The molecule has 33 heavy (non-hydrogen) atoms. The van der Waals surface area contributed by atoms with Gasteiger partial charge in [0.25, 0.3) is 11.5 Å². The number of ketones is 1. The quantitative estimate of drug-likeness (QED) is 0.197. The van der Waals surface area contributed by atoms with E-state index in [1.807, 2.05) is 0 Å². The normalized spacial score (nSPS) is 17.4. The van der Waals surface area contributed by atoms with E-state index in [2.05, 4.69) is 10.2 Å². The molecule has 1 fully saturated rings. The van der Waals surface area contributed by atoms with Crippen LogP contribution < -0.4 is 9.64 Å². The van der Waals surface area contributed by atoms with E-state index in [0.29, 0.717) is 10.6 Å². The number of aromatic nitrogens is 2. The molecule has 0 radical (unpaired) electrons. The van der Waals surface area contributed by atoms with E-state index in [1.54, 1.807) is 6.92 Å². The first-order valence-electron chi connectivity index (χ1n) is 9.42. The zero-order valence-electron chi connectivity index (χ0n) is 17.2. The Kier molecular flexibility index (Phi) is 5.60. The van der Waals surface area contributed by atoms with Gasteiger partial charge in [-0.1, -0.05) is 11.3 Å². The molecule has 1 atom stereocenters. The molecule has 0 spiro atoms. The maximum absolute atomic E-state index is 14.3. The van der Waals surface area contributed by atoms with Crippen LogP contribution in [0.1, 0.15) is 22.2 Å². The second-order valence-corrected chi connectivity index (χ2v) is 8.13. The number of ether oxygens (including phenoxy) is 1. The van der Waals surface area contributed by atoms with E-state index in [-0.39, 0.29) is 27.7 Å². The minimum atomic E-state index is -1.16. The van der Waals surface area contributed by atoms with Crippen molar-refractivity contribution in [1.29, 1.82) is 0 Å². The van der Waals surface area contributed by atoms with Gasteiger partial charge >= 0.3 is 5.91 Å². The van der Waals surface area contributed by atoms with Crippen LogP contribution >= 0.6 is 11.3 Å². The summed E-state index contributed by atoms with van der Waals surface area (Å²) in [5.74, 6) is -3.43. The average Bonchev–Trinajstić information content (AvgIpc) is 3.34. The van der Waals surface area contributed by atoms with Gasteiger partial charge in [0.2, 0.25) is 5.13 Å². The fourth-order valence-corrected chi connectivity index (χ4v) is 4.19. The number of halogens is 1. The Morgan fingerprint density at radius 3 is 2.45 bits per heavy atom. The molecule has 1 aliphatic heterocycles. The van der Waals surface area contributed by atoms with Gasteiger partial charge < -0.3 is 9.84 Å². The number of non-ortho nitro benzene ring substituents is 1. The van der Waals surface area contributed by atoms with Crippen molar-refractivity contribution >= 4 is 39.6 Å². The third-order valence-electron chi connectivity index (χ3n) is 5.01. The molecular weight excluding hydrogens is 455 g/mol. The average molecular weight is 470 g/mol. The van der Waals surface area contributed by atoms with Gasteiger partial charge in [0.1, 0.15) is 10.8 Å². The van der Waals surface area contributed by atoms with Crippen LogP contribution in [0, 0.1) is 22.9 Å². The van der Waals surface area contributed by atoms with Crippen LogP contribution in [0.4, 0.5) is 15.2 Å². The van der Waals surface area contributed by atoms with E-state index in [9.17, 15) is 29.2 Å². The topological polar surface area (TPSA) is 136 Å². The second-order valence-electron chi connectivity index (χ2n) is 6.97. The molecule has 10 nitrogen and oxygen atoms in total. The summed E-state index contributed by atoms with van der Waals surface area (Å²) < 4.78 is 19.1. The Bertz CT molecular complexity index is 1320. The third-order valence-corrected chi connectivity index (χ3v) is 5.85. The summed E-state index contributed by atoms with van der Waals surface area (Å²) in [6.07, 6.45) is 0. The van der Waals surface area contributed by atoms with Crippen LogP contribution in [0.5, 0.6) is 5.75 Å². The van der Waals surface area contributed by atoms with Gasteiger partial charge in [-0.25, -0.2) is 4.39 Å². The number of methoxy groups -OCH3 is 1. The molecule has 0 saturated carbocycles. The van der Waals surface area contributed by atoms with Crippen LogP contribution in [0.3, 0.4) is 0 Å². The van der Waals surface area contributed by atoms with Crippen molar-refractivity contribution in [2.45, 2.75) is 13.0 Å². The zero-order valence-corrected chi connectivity index (χ0v) is 18.0. The number of aliphatic hydroxyl groups excluding tert-OH is 1. The van der Waals surface area contributed by atoms with Crippen LogP contribution in [0.25, 0.3) is 5.76 Å². The Morgan fingerprint density at radius 1 is 1.21 bits per heavy atom. The minimum Gasteiger partial charge on any atom is -0.507 e. The number of nitro benzene ring substituents is 1. The van der Waals surface area contributed by atoms with Gasteiger partial charge in [-0.15, -0.1) is 10.2 Å². The van der Waals surface area contributed by atoms with Crippen LogP contribution in [-0.2, 0) is 9.59 Å². The minimum absolute atomic E-state index is 0.0494. The molecule has 1 amide bonds. The number of aliphatic hydroxyl groups is 1. The predicted octanol–water partition coefficient (Wildman–Crippen LogP) is 3.53. The van der Waals surface area contributed by atoms with E-state index in [0.717, 1.165) is 22.3 Å². The highest BCUT2D eigenvalue weighted by Crippen LogP contribution is 2.43. The summed E-state index contributed by atoms with van der Waals surface area (Å²) in [4.78, 5) is 37.5. The van der Waals surface area contributed by atoms with E-state index in [4.69, 9.17) is 4.74 Å². The summed E-state index contributed by atoms with van der Waals surface area (Å²) in [6, 6.07) is 7.60. The van der Waals surface area contributed by atoms with Crippen molar-refractivity contribution in [3.05, 3.63) is 80.1 Å². The SMILES string of the molecule is COc1ccc(C(O)=C2C(=O)C(=O)N(c3nnc(C)s3)C2c2ccc([N+](=O)[O-])cc2)cc1F. The number of rotatable bonds is 5. The molecular formula is C21H15FN4O6S. The summed E-state index contributed by atoms with van der Waals surface area (Å²) in [7, 11) is 1.28. The lowest BCUT2D eigenvalue weighted by atomic mass is 9.95. The lowest BCUT2D eigenvalue weighted by Crippen LogP contribution is -2.29. The van der Waals surface area contributed by atoms with Gasteiger partial charge in [0.05, 0.1) is 23.6 Å². The predicted molar refractivity (Wildman–Crippen MR) is 115 cm³/mol. The third kappa shape index (κ3) is 3.80. The van der Waals surface area contributed by atoms with Crippen LogP contribution in [-0.4, -0.2) is 39.0 Å². The van der Waals surface area contributed by atoms with Gasteiger partial charge in [-0.05, 0) is 42.8 Å². The number of benzene rings is 2. The number of carbonyl (C=O) groups is 2. The standard InChI is InChI=1S/C21H15FN4O6S/c1-10-23-24-21(33-10)25-17(11-3-6-13(7-4-11)26(30)31)16(19(28)20(25)29)18(27)12-5-8-15(32-2)14(22)9-12/h3-9,17,27H,1-2H3. The van der Waals surface area contributed by atoms with E-state index in [1.165, 1.54) is 43.5 Å². The highest BCUT2D eigenvalue weighted by molar-refractivity contribution is 7.15. The Labute approximate surface area is 189 Å². The fraction of sp³-hybridized carbons (Fsp3) is 0.143. The number of nitro groups is 1. The molecule has 168 valence electrons. The van der Waals surface area contributed by atoms with Crippen molar-refractivity contribution in [3.63, 3.8) is 0 Å². The van der Waals surface area contributed by atoms with E-state index >= 15 is 0 Å². The first-order valence-corrected chi connectivity index (χ1v) is 10.2. The number of hydrogen-bond donors (Lipinski definition) is 1. The lowest BCUT2D eigenvalue weighted by Gasteiger charge is -2.22. The smallest absolute Gasteiger partial charge is 0.301 e. The Balaban J connectivity index is 1.92. The highest BCUT2D eigenvalue weighted by Gasteiger charge is 2.48. The largest absolute Gasteiger partial charge is 0.507 e. The number of nitrogens with zero attached hydrogens (tertiary/aromatic N) is 4. The van der Waals surface area contributed by atoms with Gasteiger partial charge in [-0.3, -0.25) is 24.6 Å². The van der Waals surface area contributed by atoms with Crippen molar-refractivity contribution in [1.82, 2.24) is 10.2 Å². The summed E-state index contributed by atoms with van der Waals surface area (Å²) in [5.41, 5.74) is -0.249. The van der Waals surface area contributed by atoms with Crippen molar-refractivity contribution in [3.8, 4) is 5.75 Å². The van der Waals surface area contributed by atoms with Crippen molar-refractivity contribution < 1.29 is 28.7 Å². The monoisotopic (exact) mass is 470 g/mol. The molecule has 1 saturated heterocycles. The van der Waals surface area contributed by atoms with Gasteiger partial charge in [0, 0.05) is 17.7 Å². The van der Waals surface area contributed by atoms with E-state index < -0.39 is 34.2 Å². The first-order chi connectivity index (χ1) is 15.7. The molecule has 4 rings (SSSR count). The lowest BCUT2D eigenvalue weighted by molar-refractivity contribution is -0.384. The molecule has 0 bridgehead atoms. The molecule has 2 heterocycles. The number of Topliss-reactive ketones (excluding diaryl/α,β-unsaturated/α-hetero) is 1. The molecule has 0 aliphatic carbocycles. The molecule has 1 N–H and O–H groups in total. The maximum Gasteiger partial charge on any atom is 0.301 e. The summed E-state index contributed by atoms with van der Waals surface area (Å²) in [6.45, 7) is 1.67. The molecule has 1 aliphatic rings. The number of amides is 1. The molecule has 3 aromatic rings. The first kappa shape index (κ1) is 22.0. The molecule has 1 unspecified atom stereocenters. The molecule has 1 aromatic heterocycles. The van der Waals surface area contributed by atoms with Crippen LogP contribution in [0.15, 0.2) is 48.0 Å². The number of anilines is 1. The Hall–Kier alpha value is -4.19. The number of hydrogen-bond acceptors (Lipinski definition) is 9. The highest BCUT2D eigenvalue weighted by atomic mass is 32.1. The number of carbonyl (C=O) groups excluding carboxylic acids is 2. The fourth-order valence-electron chi connectivity index (χ4n) is 3.48. The number of aryl methyl sites for hydroxylation is 1. The zero-order chi connectivity index (χ0) is 23.9. The van der Waals surface area contributed by atoms with Gasteiger partial charge in [-0.2, -0.15) is 0 Å². The van der Waals surface area contributed by atoms with Crippen molar-refractivity contribution in [2.75, 3.05) is 12.0 Å². The molecule has 2 aromatic carbocycles.